The SMILES string of the molecule is Nc1ccc(N2C(=O)[C@@H]3[C@H](C2=O)[C@@H]2C=C[C@H]3CC2)cc1C(F)(F)F. The molecule has 1 aromatic rings. The van der Waals surface area contributed by atoms with E-state index in [0.29, 0.717) is 0 Å². The summed E-state index contributed by atoms with van der Waals surface area (Å²) in [5, 5.41) is 0. The minimum atomic E-state index is -4.64. The number of fused-ring (bicyclic) bond motifs is 1. The second-order valence-electron chi connectivity index (χ2n) is 6.62. The summed E-state index contributed by atoms with van der Waals surface area (Å²) < 4.78 is 39.2. The third kappa shape index (κ3) is 2.00. The number of imide groups is 1. The van der Waals surface area contributed by atoms with Gasteiger partial charge in [-0.05, 0) is 42.9 Å². The zero-order valence-corrected chi connectivity index (χ0v) is 12.6. The van der Waals surface area contributed by atoms with E-state index in [4.69, 9.17) is 5.73 Å². The molecule has 2 amide bonds. The first-order chi connectivity index (χ1) is 11.3. The number of alkyl halides is 3. The Hall–Kier alpha value is -2.31. The van der Waals surface area contributed by atoms with E-state index in [1.165, 1.54) is 6.07 Å². The topological polar surface area (TPSA) is 63.4 Å². The molecule has 4 nitrogen and oxygen atoms in total. The van der Waals surface area contributed by atoms with E-state index < -0.39 is 41.1 Å². The second kappa shape index (κ2) is 4.84. The molecule has 2 bridgehead atoms. The van der Waals surface area contributed by atoms with Crippen LogP contribution in [0, 0.1) is 23.7 Å². The Morgan fingerprint density at radius 2 is 1.54 bits per heavy atom. The molecule has 1 heterocycles. The number of hydrogen-bond donors (Lipinski definition) is 1. The number of carbonyl (C=O) groups is 2. The van der Waals surface area contributed by atoms with E-state index in [2.05, 4.69) is 0 Å². The van der Waals surface area contributed by atoms with E-state index in [-0.39, 0.29) is 17.5 Å². The van der Waals surface area contributed by atoms with Gasteiger partial charge in [0.2, 0.25) is 11.8 Å². The molecule has 4 aliphatic rings. The maximum Gasteiger partial charge on any atom is 0.418 e. The average Bonchev–Trinajstić information content (AvgIpc) is 2.82. The molecular formula is C17H15F3N2O2. The highest BCUT2D eigenvalue weighted by Crippen LogP contribution is 2.50. The van der Waals surface area contributed by atoms with Crippen molar-refractivity contribution in [3.63, 3.8) is 0 Å². The van der Waals surface area contributed by atoms with Crippen LogP contribution in [0.1, 0.15) is 18.4 Å². The Morgan fingerprint density at radius 3 is 2.00 bits per heavy atom. The number of anilines is 2. The molecule has 7 heteroatoms. The molecule has 2 N–H and O–H groups in total. The summed E-state index contributed by atoms with van der Waals surface area (Å²) in [6, 6.07) is 3.18. The highest BCUT2D eigenvalue weighted by molar-refractivity contribution is 6.22. The normalized spacial score (nSPS) is 31.7. The third-order valence-electron chi connectivity index (χ3n) is 5.36. The van der Waals surface area contributed by atoms with Crippen LogP contribution < -0.4 is 10.6 Å². The largest absolute Gasteiger partial charge is 0.418 e. The standard InChI is InChI=1S/C17H15F3N2O2/c18-17(19,20)11-7-10(5-6-12(11)21)22-15(23)13-8-1-2-9(4-3-8)14(13)16(22)24/h1-2,5-9,13-14H,3-4,21H2/t8-,9+,13-,14+. The molecule has 5 rings (SSSR count). The lowest BCUT2D eigenvalue weighted by atomic mass is 9.63. The van der Waals surface area contributed by atoms with E-state index in [1.54, 1.807) is 0 Å². The molecular weight excluding hydrogens is 321 g/mol. The number of halogens is 3. The van der Waals surface area contributed by atoms with Crippen LogP contribution in [0.5, 0.6) is 0 Å². The van der Waals surface area contributed by atoms with Crippen molar-refractivity contribution in [3.05, 3.63) is 35.9 Å². The van der Waals surface area contributed by atoms with Gasteiger partial charge in [0.15, 0.2) is 0 Å². The highest BCUT2D eigenvalue weighted by Gasteiger charge is 2.57. The van der Waals surface area contributed by atoms with Crippen LogP contribution in [0.15, 0.2) is 30.4 Å². The molecule has 1 aromatic carbocycles. The fraction of sp³-hybridized carbons (Fsp3) is 0.412. The number of carbonyl (C=O) groups excluding carboxylic acids is 2. The van der Waals surface area contributed by atoms with E-state index in [9.17, 15) is 22.8 Å². The number of amides is 2. The fourth-order valence-electron chi connectivity index (χ4n) is 4.26. The molecule has 1 aliphatic heterocycles. The van der Waals surface area contributed by atoms with E-state index >= 15 is 0 Å². The van der Waals surface area contributed by atoms with Gasteiger partial charge in [-0.25, -0.2) is 0 Å². The summed E-state index contributed by atoms with van der Waals surface area (Å²) in [5.74, 6) is -1.71. The molecule has 24 heavy (non-hydrogen) atoms. The van der Waals surface area contributed by atoms with Gasteiger partial charge in [0.1, 0.15) is 0 Å². The van der Waals surface area contributed by atoms with Gasteiger partial charge < -0.3 is 5.73 Å². The smallest absolute Gasteiger partial charge is 0.398 e. The highest BCUT2D eigenvalue weighted by atomic mass is 19.4. The lowest BCUT2D eigenvalue weighted by Crippen LogP contribution is -2.38. The van der Waals surface area contributed by atoms with Crippen LogP contribution in [-0.4, -0.2) is 11.8 Å². The third-order valence-corrected chi connectivity index (χ3v) is 5.36. The van der Waals surface area contributed by atoms with E-state index in [0.717, 1.165) is 29.9 Å². The Labute approximate surface area is 136 Å². The predicted molar refractivity (Wildman–Crippen MR) is 80.7 cm³/mol. The lowest BCUT2D eigenvalue weighted by Gasteiger charge is -2.38. The van der Waals surface area contributed by atoms with Gasteiger partial charge in [0.05, 0.1) is 23.1 Å². The lowest BCUT2D eigenvalue weighted by molar-refractivity contribution is -0.137. The molecule has 126 valence electrons. The van der Waals surface area contributed by atoms with Crippen molar-refractivity contribution in [1.82, 2.24) is 0 Å². The zero-order valence-electron chi connectivity index (χ0n) is 12.6. The summed E-state index contributed by atoms with van der Waals surface area (Å²) in [4.78, 5) is 26.4. The Bertz CT molecular complexity index is 740. The fourth-order valence-corrected chi connectivity index (χ4v) is 4.26. The number of nitrogen functional groups attached to an aromatic ring is 1. The molecule has 0 radical (unpaired) electrons. The van der Waals surface area contributed by atoms with Gasteiger partial charge in [-0.3, -0.25) is 14.5 Å². The molecule has 3 aliphatic carbocycles. The molecule has 4 atom stereocenters. The molecule has 0 unspecified atom stereocenters. The number of nitrogens with two attached hydrogens (primary N) is 1. The van der Waals surface area contributed by atoms with Gasteiger partial charge >= 0.3 is 6.18 Å². The number of hydrogen-bond acceptors (Lipinski definition) is 3. The molecule has 2 fully saturated rings. The van der Waals surface area contributed by atoms with Crippen molar-refractivity contribution < 1.29 is 22.8 Å². The average molecular weight is 336 g/mol. The summed E-state index contributed by atoms with van der Waals surface area (Å²) >= 11 is 0. The predicted octanol–water partition coefficient (Wildman–Crippen LogP) is 2.99. The summed E-state index contributed by atoms with van der Waals surface area (Å²) in [5.41, 5.74) is 3.88. The number of rotatable bonds is 1. The van der Waals surface area contributed by atoms with Crippen molar-refractivity contribution >= 4 is 23.2 Å². The summed E-state index contributed by atoms with van der Waals surface area (Å²) in [6.07, 6.45) is 0.969. The Balaban J connectivity index is 1.76. The molecule has 1 saturated heterocycles. The van der Waals surface area contributed by atoms with Crippen LogP contribution in [0.3, 0.4) is 0 Å². The number of benzene rings is 1. The quantitative estimate of drug-likeness (QED) is 0.487. The van der Waals surface area contributed by atoms with Gasteiger partial charge in [0, 0.05) is 5.69 Å². The first-order valence-electron chi connectivity index (χ1n) is 7.82. The summed E-state index contributed by atoms with van der Waals surface area (Å²) in [7, 11) is 0. The van der Waals surface area contributed by atoms with Crippen LogP contribution in [0.4, 0.5) is 24.5 Å². The second-order valence-corrected chi connectivity index (χ2v) is 6.62. The van der Waals surface area contributed by atoms with Crippen LogP contribution in [0.25, 0.3) is 0 Å². The van der Waals surface area contributed by atoms with Gasteiger partial charge in [-0.15, -0.1) is 0 Å². The molecule has 0 spiro atoms. The number of allylic oxidation sites excluding steroid dienone is 2. The number of nitrogens with zero attached hydrogens (tertiary/aromatic N) is 1. The van der Waals surface area contributed by atoms with Crippen molar-refractivity contribution in [1.29, 1.82) is 0 Å². The van der Waals surface area contributed by atoms with Crippen LogP contribution in [0.2, 0.25) is 0 Å². The minimum absolute atomic E-state index is 0.00248. The molecule has 1 saturated carbocycles. The van der Waals surface area contributed by atoms with Gasteiger partial charge in [-0.2, -0.15) is 13.2 Å². The van der Waals surface area contributed by atoms with Crippen molar-refractivity contribution in [3.8, 4) is 0 Å². The van der Waals surface area contributed by atoms with Crippen LogP contribution in [-0.2, 0) is 15.8 Å². The van der Waals surface area contributed by atoms with Gasteiger partial charge in [-0.1, -0.05) is 12.2 Å². The zero-order chi connectivity index (χ0) is 17.2. The molecule has 0 aromatic heterocycles. The van der Waals surface area contributed by atoms with E-state index in [1.807, 2.05) is 12.2 Å². The van der Waals surface area contributed by atoms with Crippen molar-refractivity contribution in [2.75, 3.05) is 10.6 Å². The first-order valence-corrected chi connectivity index (χ1v) is 7.82. The Kier molecular flexibility index (Phi) is 3.07. The first kappa shape index (κ1) is 15.2. The van der Waals surface area contributed by atoms with Crippen molar-refractivity contribution in [2.45, 2.75) is 19.0 Å². The minimum Gasteiger partial charge on any atom is -0.398 e. The maximum atomic E-state index is 13.1. The Morgan fingerprint density at radius 1 is 1.00 bits per heavy atom. The van der Waals surface area contributed by atoms with Crippen molar-refractivity contribution in [2.24, 2.45) is 23.7 Å². The maximum absolute atomic E-state index is 13.1. The van der Waals surface area contributed by atoms with Gasteiger partial charge in [0.25, 0.3) is 0 Å². The monoisotopic (exact) mass is 336 g/mol. The summed E-state index contributed by atoms with van der Waals surface area (Å²) in [6.45, 7) is 0. The van der Waals surface area contributed by atoms with Crippen LogP contribution >= 0.6 is 0 Å².